The standard InChI is InChI=1S/C22H19Cl2NO3/c1-14-12-18(9-10-19(14)24)27-15(2)22(26)25-20-13-16(23)8-11-21(20)28-17-6-4-3-5-7-17/h3-13,15H,1-2H3,(H,25,26)/t15-/m1/s1. The molecule has 0 aliphatic carbocycles. The number of amides is 1. The van der Waals surface area contributed by atoms with Gasteiger partial charge in [0, 0.05) is 10.0 Å². The third kappa shape index (κ3) is 5.18. The number of carbonyl (C=O) groups is 1. The van der Waals surface area contributed by atoms with Crippen molar-refractivity contribution in [2.24, 2.45) is 0 Å². The zero-order chi connectivity index (χ0) is 20.1. The van der Waals surface area contributed by atoms with E-state index < -0.39 is 6.10 Å². The number of aryl methyl sites for hydroxylation is 1. The molecule has 0 aliphatic rings. The normalized spacial score (nSPS) is 11.6. The zero-order valence-corrected chi connectivity index (χ0v) is 16.9. The van der Waals surface area contributed by atoms with E-state index in [2.05, 4.69) is 5.32 Å². The number of benzene rings is 3. The number of hydrogen-bond donors (Lipinski definition) is 1. The Labute approximate surface area is 174 Å². The lowest BCUT2D eigenvalue weighted by Gasteiger charge is -2.17. The summed E-state index contributed by atoms with van der Waals surface area (Å²) in [5, 5.41) is 3.95. The lowest BCUT2D eigenvalue weighted by atomic mass is 10.2. The van der Waals surface area contributed by atoms with Crippen molar-refractivity contribution in [1.29, 1.82) is 0 Å². The molecule has 0 spiro atoms. The van der Waals surface area contributed by atoms with Crippen molar-refractivity contribution in [3.8, 4) is 17.2 Å². The SMILES string of the molecule is Cc1cc(O[C@H](C)C(=O)Nc2cc(Cl)ccc2Oc2ccccc2)ccc1Cl. The monoisotopic (exact) mass is 415 g/mol. The van der Waals surface area contributed by atoms with Crippen molar-refractivity contribution in [2.45, 2.75) is 20.0 Å². The fraction of sp³-hybridized carbons (Fsp3) is 0.136. The van der Waals surface area contributed by atoms with Gasteiger partial charge < -0.3 is 14.8 Å². The van der Waals surface area contributed by atoms with Gasteiger partial charge in [0.25, 0.3) is 5.91 Å². The second-order valence-electron chi connectivity index (χ2n) is 6.22. The average molecular weight is 416 g/mol. The summed E-state index contributed by atoms with van der Waals surface area (Å²) in [6.07, 6.45) is -0.732. The second kappa shape index (κ2) is 9.00. The maximum atomic E-state index is 12.6. The van der Waals surface area contributed by atoms with E-state index in [1.807, 2.05) is 37.3 Å². The molecule has 3 aromatic rings. The molecule has 6 heteroatoms. The Morgan fingerprint density at radius 1 is 0.964 bits per heavy atom. The number of hydrogen-bond acceptors (Lipinski definition) is 3. The maximum absolute atomic E-state index is 12.6. The van der Waals surface area contributed by atoms with E-state index in [9.17, 15) is 4.79 Å². The van der Waals surface area contributed by atoms with Crippen molar-refractivity contribution < 1.29 is 14.3 Å². The van der Waals surface area contributed by atoms with Crippen LogP contribution in [-0.2, 0) is 4.79 Å². The number of carbonyl (C=O) groups excluding carboxylic acids is 1. The van der Waals surface area contributed by atoms with Crippen molar-refractivity contribution >= 4 is 34.8 Å². The molecule has 28 heavy (non-hydrogen) atoms. The number of para-hydroxylation sites is 1. The summed E-state index contributed by atoms with van der Waals surface area (Å²) in [5.41, 5.74) is 1.34. The van der Waals surface area contributed by atoms with Gasteiger partial charge in [-0.1, -0.05) is 41.4 Å². The van der Waals surface area contributed by atoms with Gasteiger partial charge >= 0.3 is 0 Å². The van der Waals surface area contributed by atoms with Crippen LogP contribution in [-0.4, -0.2) is 12.0 Å². The minimum absolute atomic E-state index is 0.326. The molecule has 1 atom stereocenters. The van der Waals surface area contributed by atoms with Crippen LogP contribution in [0.2, 0.25) is 10.0 Å². The molecule has 4 nitrogen and oxygen atoms in total. The Hall–Kier alpha value is -2.69. The van der Waals surface area contributed by atoms with Gasteiger partial charge in [-0.3, -0.25) is 4.79 Å². The van der Waals surface area contributed by atoms with Gasteiger partial charge in [-0.05, 0) is 67.9 Å². The van der Waals surface area contributed by atoms with Crippen molar-refractivity contribution in [3.63, 3.8) is 0 Å². The average Bonchev–Trinajstić information content (AvgIpc) is 2.67. The third-order valence-corrected chi connectivity index (χ3v) is 4.64. The first-order chi connectivity index (χ1) is 13.4. The van der Waals surface area contributed by atoms with Gasteiger partial charge in [-0.25, -0.2) is 0 Å². The highest BCUT2D eigenvalue weighted by atomic mass is 35.5. The van der Waals surface area contributed by atoms with E-state index in [0.717, 1.165) is 5.56 Å². The summed E-state index contributed by atoms with van der Waals surface area (Å²) >= 11 is 12.1. The van der Waals surface area contributed by atoms with Gasteiger partial charge in [0.05, 0.1) is 5.69 Å². The van der Waals surface area contributed by atoms with Crippen LogP contribution in [0.4, 0.5) is 5.69 Å². The van der Waals surface area contributed by atoms with Crippen molar-refractivity contribution in [1.82, 2.24) is 0 Å². The van der Waals surface area contributed by atoms with E-state index in [1.54, 1.807) is 43.3 Å². The Morgan fingerprint density at radius 2 is 1.71 bits per heavy atom. The summed E-state index contributed by atoms with van der Waals surface area (Å²) in [7, 11) is 0. The first-order valence-electron chi connectivity index (χ1n) is 8.68. The fourth-order valence-corrected chi connectivity index (χ4v) is 2.78. The summed E-state index contributed by atoms with van der Waals surface area (Å²) < 4.78 is 11.6. The molecule has 0 heterocycles. The highest BCUT2D eigenvalue weighted by Gasteiger charge is 2.18. The molecule has 3 rings (SSSR count). The molecule has 0 radical (unpaired) electrons. The van der Waals surface area contributed by atoms with Gasteiger partial charge in [-0.15, -0.1) is 0 Å². The Balaban J connectivity index is 1.73. The third-order valence-electron chi connectivity index (χ3n) is 3.98. The van der Waals surface area contributed by atoms with Gasteiger partial charge in [0.15, 0.2) is 11.9 Å². The molecule has 1 N–H and O–H groups in total. The van der Waals surface area contributed by atoms with Crippen LogP contribution in [0.3, 0.4) is 0 Å². The number of anilines is 1. The molecule has 0 aromatic heterocycles. The predicted octanol–water partition coefficient (Wildman–Crippen LogP) is 6.50. The number of halogens is 2. The first kappa shape index (κ1) is 20.1. The molecule has 144 valence electrons. The van der Waals surface area contributed by atoms with E-state index in [0.29, 0.717) is 33.0 Å². The molecule has 0 unspecified atom stereocenters. The van der Waals surface area contributed by atoms with E-state index in [1.165, 1.54) is 0 Å². The Morgan fingerprint density at radius 3 is 2.43 bits per heavy atom. The largest absolute Gasteiger partial charge is 0.481 e. The molecular formula is C22H19Cl2NO3. The van der Waals surface area contributed by atoms with Crippen LogP contribution < -0.4 is 14.8 Å². The molecule has 0 bridgehead atoms. The Bertz CT molecular complexity index is 977. The summed E-state index contributed by atoms with van der Waals surface area (Å²) in [6, 6.07) is 19.6. The quantitative estimate of drug-likeness (QED) is 0.499. The van der Waals surface area contributed by atoms with E-state index >= 15 is 0 Å². The van der Waals surface area contributed by atoms with Crippen molar-refractivity contribution in [3.05, 3.63) is 82.3 Å². The van der Waals surface area contributed by atoms with Gasteiger partial charge in [0.2, 0.25) is 0 Å². The molecule has 0 saturated carbocycles. The van der Waals surface area contributed by atoms with Crippen LogP contribution in [0, 0.1) is 6.92 Å². The Kier molecular flexibility index (Phi) is 6.45. The molecule has 0 saturated heterocycles. The highest BCUT2D eigenvalue weighted by molar-refractivity contribution is 6.31. The smallest absolute Gasteiger partial charge is 0.265 e. The molecule has 1 amide bonds. The first-order valence-corrected chi connectivity index (χ1v) is 9.44. The summed E-state index contributed by atoms with van der Waals surface area (Å²) in [5.74, 6) is 1.38. The minimum Gasteiger partial charge on any atom is -0.481 e. The van der Waals surface area contributed by atoms with Crippen LogP contribution in [0.25, 0.3) is 0 Å². The maximum Gasteiger partial charge on any atom is 0.265 e. The number of nitrogens with one attached hydrogen (secondary N) is 1. The van der Waals surface area contributed by atoms with E-state index in [4.69, 9.17) is 32.7 Å². The van der Waals surface area contributed by atoms with Gasteiger partial charge in [0.1, 0.15) is 11.5 Å². The summed E-state index contributed by atoms with van der Waals surface area (Å²) in [6.45, 7) is 3.54. The molecule has 0 aliphatic heterocycles. The zero-order valence-electron chi connectivity index (χ0n) is 15.4. The minimum atomic E-state index is -0.732. The lowest BCUT2D eigenvalue weighted by Crippen LogP contribution is -2.30. The topological polar surface area (TPSA) is 47.6 Å². The van der Waals surface area contributed by atoms with Crippen LogP contribution in [0.15, 0.2) is 66.7 Å². The van der Waals surface area contributed by atoms with Crippen molar-refractivity contribution in [2.75, 3.05) is 5.32 Å². The van der Waals surface area contributed by atoms with Crippen LogP contribution >= 0.6 is 23.2 Å². The lowest BCUT2D eigenvalue weighted by molar-refractivity contribution is -0.122. The number of rotatable bonds is 6. The molecule has 3 aromatic carbocycles. The second-order valence-corrected chi connectivity index (χ2v) is 7.06. The predicted molar refractivity (Wildman–Crippen MR) is 113 cm³/mol. The van der Waals surface area contributed by atoms with Gasteiger partial charge in [-0.2, -0.15) is 0 Å². The van der Waals surface area contributed by atoms with E-state index in [-0.39, 0.29) is 5.91 Å². The fourth-order valence-electron chi connectivity index (χ4n) is 2.49. The van der Waals surface area contributed by atoms with Crippen LogP contribution in [0.5, 0.6) is 17.2 Å². The highest BCUT2D eigenvalue weighted by Crippen LogP contribution is 2.32. The van der Waals surface area contributed by atoms with Crippen LogP contribution in [0.1, 0.15) is 12.5 Å². The number of ether oxygens (including phenoxy) is 2. The molecular weight excluding hydrogens is 397 g/mol. The summed E-state index contributed by atoms with van der Waals surface area (Å²) in [4.78, 5) is 12.6. The molecule has 0 fully saturated rings.